The highest BCUT2D eigenvalue weighted by Gasteiger charge is 2.20. The van der Waals surface area contributed by atoms with Crippen LogP contribution in [-0.2, 0) is 30.7 Å². The molecule has 4 aromatic carbocycles. The van der Waals surface area contributed by atoms with Gasteiger partial charge in [-0.2, -0.15) is 0 Å². The number of aromatic nitrogens is 1. The molecule has 1 heterocycles. The van der Waals surface area contributed by atoms with Gasteiger partial charge in [-0.3, -0.25) is 4.79 Å². The summed E-state index contributed by atoms with van der Waals surface area (Å²) in [6.45, 7) is -0.689. The van der Waals surface area contributed by atoms with Crippen LogP contribution in [0.3, 0.4) is 0 Å². The summed E-state index contributed by atoms with van der Waals surface area (Å²) in [5.74, 6) is 0.0476. The third kappa shape index (κ3) is 9.02. The van der Waals surface area contributed by atoms with E-state index in [1.165, 1.54) is 16.5 Å². The number of carboxylic acids is 1. The minimum Gasteiger partial charge on any atom is -0.489 e. The minimum absolute atomic E-state index is 0.131. The molecule has 1 aromatic heterocycles. The zero-order valence-electron chi connectivity index (χ0n) is 24.7. The Hall–Kier alpha value is -4.47. The average Bonchev–Trinajstić information content (AvgIpc) is 3.44. The number of aliphatic hydroxyl groups excluding tert-OH is 3. The number of ether oxygens (including phenoxy) is 1. The summed E-state index contributed by atoms with van der Waals surface area (Å²) in [6.07, 6.45) is 4.72. The number of carboxylic acid groups (broad SMARTS) is 1. The number of hydrogen-bond acceptors (Lipinski definition) is 6. The highest BCUT2D eigenvalue weighted by atomic mass is 16.5. The topological polar surface area (TPSA) is 138 Å². The van der Waals surface area contributed by atoms with Gasteiger partial charge in [-0.05, 0) is 65.8 Å². The number of carbonyl (C=O) groups is 1. The van der Waals surface area contributed by atoms with Crippen molar-refractivity contribution in [3.8, 4) is 11.4 Å². The molecule has 8 heteroatoms. The third-order valence-corrected chi connectivity index (χ3v) is 7.39. The Kier molecular flexibility index (Phi) is 11.7. The van der Waals surface area contributed by atoms with Gasteiger partial charge in [-0.15, -0.1) is 0 Å². The third-order valence-electron chi connectivity index (χ3n) is 7.39. The molecule has 0 radical (unpaired) electrons. The van der Waals surface area contributed by atoms with Gasteiger partial charge >= 0.3 is 5.97 Å². The Balaban J connectivity index is 0.000000488. The van der Waals surface area contributed by atoms with Gasteiger partial charge in [0, 0.05) is 29.8 Å². The summed E-state index contributed by atoms with van der Waals surface area (Å²) >= 11 is 0. The number of aliphatic carboxylic acids is 1. The Morgan fingerprint density at radius 1 is 0.727 bits per heavy atom. The molecule has 0 aliphatic carbocycles. The highest BCUT2D eigenvalue weighted by molar-refractivity contribution is 5.86. The first-order valence-corrected chi connectivity index (χ1v) is 14.6. The lowest BCUT2D eigenvalue weighted by Gasteiger charge is -2.20. The maximum atomic E-state index is 11.1. The fraction of sp³-hybridized carbons (Fsp3) is 0.250. The van der Waals surface area contributed by atoms with Crippen molar-refractivity contribution in [3.63, 3.8) is 0 Å². The molecule has 5 rings (SSSR count). The first kappa shape index (κ1) is 32.4. The molecule has 8 nitrogen and oxygen atoms in total. The standard InChI is InChI=1S/C32H29NO3.C4H11NO3/c34-32(35)19-16-25-15-18-31-30(20-25)27(17-14-24-8-3-1-4-9-24)22-33(31)28-12-7-13-29(21-28)36-23-26-10-5-2-6-11-26;5-4(1-6,2-7)3-8/h1-13,15,18,20-22H,14,16-17,19,23H2,(H,34,35);6-8H,1-3,5H2. The van der Waals surface area contributed by atoms with Crippen LogP contribution in [0, 0.1) is 0 Å². The van der Waals surface area contributed by atoms with Gasteiger partial charge in [0.15, 0.2) is 0 Å². The van der Waals surface area contributed by atoms with E-state index >= 15 is 0 Å². The molecule has 0 bridgehead atoms. The first-order chi connectivity index (χ1) is 21.3. The van der Waals surface area contributed by atoms with E-state index in [-0.39, 0.29) is 6.42 Å². The van der Waals surface area contributed by atoms with Gasteiger partial charge in [-0.1, -0.05) is 72.8 Å². The number of nitrogens with two attached hydrogens (primary N) is 1. The Morgan fingerprint density at radius 2 is 1.39 bits per heavy atom. The molecule has 5 aromatic rings. The van der Waals surface area contributed by atoms with E-state index in [2.05, 4.69) is 71.4 Å². The number of aryl methyl sites for hydroxylation is 3. The number of benzene rings is 4. The van der Waals surface area contributed by atoms with E-state index in [9.17, 15) is 4.79 Å². The average molecular weight is 597 g/mol. The lowest BCUT2D eigenvalue weighted by atomic mass is 10.0. The summed E-state index contributed by atoms with van der Waals surface area (Å²) in [7, 11) is 0. The van der Waals surface area contributed by atoms with Crippen molar-refractivity contribution in [2.75, 3.05) is 19.8 Å². The van der Waals surface area contributed by atoms with E-state index in [1.807, 2.05) is 42.5 Å². The Morgan fingerprint density at radius 3 is 2.00 bits per heavy atom. The highest BCUT2D eigenvalue weighted by Crippen LogP contribution is 2.29. The smallest absolute Gasteiger partial charge is 0.303 e. The quantitative estimate of drug-likeness (QED) is 0.133. The predicted molar refractivity (Wildman–Crippen MR) is 172 cm³/mol. The number of fused-ring (bicyclic) bond motifs is 1. The maximum Gasteiger partial charge on any atom is 0.303 e. The monoisotopic (exact) mass is 596 g/mol. The van der Waals surface area contributed by atoms with Crippen LogP contribution < -0.4 is 10.5 Å². The summed E-state index contributed by atoms with van der Waals surface area (Å²) in [5, 5.41) is 35.3. The summed E-state index contributed by atoms with van der Waals surface area (Å²) in [5.41, 5.74) is 10.8. The van der Waals surface area contributed by atoms with Gasteiger partial charge in [0.1, 0.15) is 12.4 Å². The van der Waals surface area contributed by atoms with Gasteiger partial charge in [0.2, 0.25) is 0 Å². The Bertz CT molecular complexity index is 1610. The molecule has 0 saturated heterocycles. The van der Waals surface area contributed by atoms with Crippen molar-refractivity contribution in [3.05, 3.63) is 132 Å². The lowest BCUT2D eigenvalue weighted by molar-refractivity contribution is -0.136. The van der Waals surface area contributed by atoms with Crippen LogP contribution in [0.2, 0.25) is 0 Å². The molecule has 0 amide bonds. The van der Waals surface area contributed by atoms with E-state index in [0.717, 1.165) is 40.9 Å². The number of rotatable bonds is 13. The van der Waals surface area contributed by atoms with Crippen LogP contribution >= 0.6 is 0 Å². The van der Waals surface area contributed by atoms with Crippen molar-refractivity contribution in [2.24, 2.45) is 5.73 Å². The summed E-state index contributed by atoms with van der Waals surface area (Å²) in [6, 6.07) is 35.1. The SMILES string of the molecule is NC(CO)(CO)CO.O=C(O)CCc1ccc2c(c1)c(CCc1ccccc1)cn2-c1cccc(OCc2ccccc2)c1. The molecule has 6 N–H and O–H groups in total. The molecular weight excluding hydrogens is 556 g/mol. The first-order valence-electron chi connectivity index (χ1n) is 14.6. The van der Waals surface area contributed by atoms with Crippen molar-refractivity contribution < 1.29 is 30.0 Å². The van der Waals surface area contributed by atoms with Crippen LogP contribution in [0.4, 0.5) is 0 Å². The number of hydrogen-bond donors (Lipinski definition) is 5. The van der Waals surface area contributed by atoms with Crippen molar-refractivity contribution in [2.45, 2.75) is 37.8 Å². The van der Waals surface area contributed by atoms with E-state index < -0.39 is 31.3 Å². The van der Waals surface area contributed by atoms with Gasteiger partial charge in [0.05, 0.1) is 30.9 Å². The van der Waals surface area contributed by atoms with Crippen LogP contribution in [0.5, 0.6) is 5.75 Å². The van der Waals surface area contributed by atoms with Crippen molar-refractivity contribution >= 4 is 16.9 Å². The molecule has 0 spiro atoms. The second kappa shape index (κ2) is 15.8. The molecule has 0 aliphatic rings. The van der Waals surface area contributed by atoms with E-state index in [4.69, 9.17) is 30.9 Å². The number of nitrogens with zero attached hydrogens (tertiary/aromatic N) is 1. The van der Waals surface area contributed by atoms with Crippen LogP contribution in [0.25, 0.3) is 16.6 Å². The summed E-state index contributed by atoms with van der Waals surface area (Å²) < 4.78 is 8.30. The minimum atomic E-state index is -1.21. The van der Waals surface area contributed by atoms with E-state index in [0.29, 0.717) is 13.0 Å². The fourth-order valence-electron chi connectivity index (χ4n) is 4.70. The molecule has 0 aliphatic heterocycles. The fourth-order valence-corrected chi connectivity index (χ4v) is 4.70. The van der Waals surface area contributed by atoms with Crippen molar-refractivity contribution in [1.82, 2.24) is 4.57 Å². The zero-order chi connectivity index (χ0) is 31.4. The normalized spacial score (nSPS) is 11.2. The molecule has 0 fully saturated rings. The summed E-state index contributed by atoms with van der Waals surface area (Å²) in [4.78, 5) is 11.1. The molecule has 230 valence electrons. The van der Waals surface area contributed by atoms with Crippen molar-refractivity contribution in [1.29, 1.82) is 0 Å². The Labute approximate surface area is 257 Å². The van der Waals surface area contributed by atoms with Gasteiger partial charge in [-0.25, -0.2) is 0 Å². The van der Waals surface area contributed by atoms with Gasteiger partial charge < -0.3 is 35.5 Å². The van der Waals surface area contributed by atoms with E-state index in [1.54, 1.807) is 0 Å². The van der Waals surface area contributed by atoms with Crippen LogP contribution in [0.15, 0.2) is 109 Å². The molecule has 0 unspecified atom stereocenters. The number of aliphatic hydroxyl groups is 3. The molecule has 0 saturated carbocycles. The largest absolute Gasteiger partial charge is 0.489 e. The van der Waals surface area contributed by atoms with Crippen LogP contribution in [-0.4, -0.2) is 56.3 Å². The second-order valence-electron chi connectivity index (χ2n) is 10.9. The molecular formula is C36H40N2O6. The van der Waals surface area contributed by atoms with Crippen LogP contribution in [0.1, 0.15) is 28.7 Å². The molecule has 44 heavy (non-hydrogen) atoms. The predicted octanol–water partition coefficient (Wildman–Crippen LogP) is 4.67. The molecule has 0 atom stereocenters. The second-order valence-corrected chi connectivity index (χ2v) is 10.9. The zero-order valence-corrected chi connectivity index (χ0v) is 24.7. The van der Waals surface area contributed by atoms with Gasteiger partial charge in [0.25, 0.3) is 0 Å². The maximum absolute atomic E-state index is 11.1. The lowest BCUT2D eigenvalue weighted by Crippen LogP contribution is -2.50.